The highest BCUT2D eigenvalue weighted by atomic mass is 16.6. The maximum absolute atomic E-state index is 12.8. The Morgan fingerprint density at radius 3 is 0.968 bits per heavy atom. The van der Waals surface area contributed by atoms with E-state index in [2.05, 4.69) is 81.5 Å². The summed E-state index contributed by atoms with van der Waals surface area (Å²) in [6.45, 7) is 6.49. The van der Waals surface area contributed by atoms with Gasteiger partial charge < -0.3 is 14.2 Å². The lowest BCUT2D eigenvalue weighted by molar-refractivity contribution is -0.167. The number of rotatable bonds is 47. The van der Waals surface area contributed by atoms with Gasteiger partial charge in [-0.05, 0) is 96.3 Å². The summed E-state index contributed by atoms with van der Waals surface area (Å²) in [5, 5.41) is 0. The van der Waals surface area contributed by atoms with Gasteiger partial charge in [0.15, 0.2) is 6.10 Å². The molecule has 0 rings (SSSR count). The summed E-state index contributed by atoms with van der Waals surface area (Å²) in [4.78, 5) is 38.0. The molecule has 0 aromatic carbocycles. The molecule has 0 spiro atoms. The molecule has 358 valence electrons. The lowest BCUT2D eigenvalue weighted by atomic mass is 10.1. The topological polar surface area (TPSA) is 78.9 Å². The zero-order chi connectivity index (χ0) is 45.1. The number of allylic oxidation sites excluding steroid dienone is 10. The highest BCUT2D eigenvalue weighted by molar-refractivity contribution is 5.71. The number of ether oxygens (including phenoxy) is 3. The van der Waals surface area contributed by atoms with E-state index in [1.54, 1.807) is 0 Å². The van der Waals surface area contributed by atoms with Crippen LogP contribution in [0.15, 0.2) is 60.8 Å². The molecule has 0 aliphatic carbocycles. The third-order valence-electron chi connectivity index (χ3n) is 11.2. The summed E-state index contributed by atoms with van der Waals surface area (Å²) in [5.74, 6) is -0.916. The Hall–Kier alpha value is -2.89. The molecule has 0 saturated heterocycles. The predicted molar refractivity (Wildman–Crippen MR) is 265 cm³/mol. The highest BCUT2D eigenvalue weighted by Gasteiger charge is 2.19. The van der Waals surface area contributed by atoms with Crippen LogP contribution < -0.4 is 0 Å². The van der Waals surface area contributed by atoms with Crippen molar-refractivity contribution in [1.29, 1.82) is 0 Å². The molecule has 0 radical (unpaired) electrons. The summed E-state index contributed by atoms with van der Waals surface area (Å²) in [7, 11) is 0. The monoisotopic (exact) mass is 867 g/mol. The van der Waals surface area contributed by atoms with E-state index in [4.69, 9.17) is 14.2 Å². The van der Waals surface area contributed by atoms with E-state index in [0.29, 0.717) is 19.3 Å². The second kappa shape index (κ2) is 50.8. The molecule has 0 amide bonds. The molecule has 1 atom stereocenters. The molecule has 0 fully saturated rings. The van der Waals surface area contributed by atoms with Gasteiger partial charge in [-0.25, -0.2) is 0 Å². The molecule has 0 aliphatic heterocycles. The molecule has 62 heavy (non-hydrogen) atoms. The maximum Gasteiger partial charge on any atom is 0.306 e. The molecule has 0 aromatic heterocycles. The molecular formula is C56H98O6. The third-order valence-corrected chi connectivity index (χ3v) is 11.2. The molecule has 0 saturated carbocycles. The van der Waals surface area contributed by atoms with Crippen LogP contribution in [0, 0.1) is 0 Å². The summed E-state index contributed by atoms with van der Waals surface area (Å²) in [6, 6.07) is 0. The molecule has 6 nitrogen and oxygen atoms in total. The van der Waals surface area contributed by atoms with Crippen molar-refractivity contribution in [2.24, 2.45) is 0 Å². The fourth-order valence-electron chi connectivity index (χ4n) is 7.22. The van der Waals surface area contributed by atoms with Crippen molar-refractivity contribution in [1.82, 2.24) is 0 Å². The highest BCUT2D eigenvalue weighted by Crippen LogP contribution is 2.14. The quantitative estimate of drug-likeness (QED) is 0.0262. The van der Waals surface area contributed by atoms with E-state index in [0.717, 1.165) is 122 Å². The van der Waals surface area contributed by atoms with Crippen LogP contribution in [0.2, 0.25) is 0 Å². The van der Waals surface area contributed by atoms with Gasteiger partial charge in [-0.15, -0.1) is 0 Å². The first-order chi connectivity index (χ1) is 30.5. The van der Waals surface area contributed by atoms with E-state index < -0.39 is 6.10 Å². The van der Waals surface area contributed by atoms with Crippen molar-refractivity contribution >= 4 is 17.9 Å². The van der Waals surface area contributed by atoms with Crippen LogP contribution in [0.1, 0.15) is 258 Å². The average molecular weight is 867 g/mol. The van der Waals surface area contributed by atoms with Gasteiger partial charge in [0.05, 0.1) is 0 Å². The molecule has 1 unspecified atom stereocenters. The Bertz CT molecular complexity index is 1130. The number of carbonyl (C=O) groups excluding carboxylic acids is 3. The fourth-order valence-corrected chi connectivity index (χ4v) is 7.22. The Morgan fingerprint density at radius 1 is 0.323 bits per heavy atom. The van der Waals surface area contributed by atoms with Gasteiger partial charge in [0.25, 0.3) is 0 Å². The van der Waals surface area contributed by atoms with Crippen molar-refractivity contribution in [3.8, 4) is 0 Å². The molecule has 0 heterocycles. The predicted octanol–water partition coefficient (Wildman–Crippen LogP) is 17.3. The fraction of sp³-hybridized carbons (Fsp3) is 0.768. The first-order valence-electron chi connectivity index (χ1n) is 26.3. The number of hydrogen-bond acceptors (Lipinski definition) is 6. The van der Waals surface area contributed by atoms with Crippen LogP contribution in [0.3, 0.4) is 0 Å². The van der Waals surface area contributed by atoms with E-state index in [1.165, 1.54) is 96.3 Å². The minimum Gasteiger partial charge on any atom is -0.462 e. The van der Waals surface area contributed by atoms with Crippen LogP contribution in [-0.4, -0.2) is 37.2 Å². The van der Waals surface area contributed by atoms with Crippen molar-refractivity contribution in [3.63, 3.8) is 0 Å². The van der Waals surface area contributed by atoms with Gasteiger partial charge in [-0.2, -0.15) is 0 Å². The summed E-state index contributed by atoms with van der Waals surface area (Å²) in [5.41, 5.74) is 0. The van der Waals surface area contributed by atoms with Gasteiger partial charge in [-0.3, -0.25) is 14.4 Å². The van der Waals surface area contributed by atoms with E-state index in [9.17, 15) is 14.4 Å². The van der Waals surface area contributed by atoms with Gasteiger partial charge in [0, 0.05) is 19.3 Å². The Kier molecular flexibility index (Phi) is 48.4. The Morgan fingerprint density at radius 2 is 0.613 bits per heavy atom. The molecule has 0 aromatic rings. The van der Waals surface area contributed by atoms with Crippen molar-refractivity contribution in [2.75, 3.05) is 13.2 Å². The summed E-state index contributed by atoms with van der Waals surface area (Å²) >= 11 is 0. The molecule has 6 heteroatoms. The van der Waals surface area contributed by atoms with Crippen molar-refractivity contribution < 1.29 is 28.6 Å². The van der Waals surface area contributed by atoms with Crippen molar-refractivity contribution in [2.45, 2.75) is 264 Å². The summed E-state index contributed by atoms with van der Waals surface area (Å²) < 4.78 is 16.8. The molecular weight excluding hydrogens is 769 g/mol. The SMILES string of the molecule is CCC/C=C\C/C=C\CCCCCCCC(=O)OCC(COC(=O)CCCCCCCCC/C=C\CCCCCCCCC)OC(=O)CCCCCCC/C=C\C/C=C\CCC. The van der Waals surface area contributed by atoms with Gasteiger partial charge in [0.2, 0.25) is 0 Å². The maximum atomic E-state index is 12.8. The average Bonchev–Trinajstić information content (AvgIpc) is 3.27. The minimum atomic E-state index is -0.788. The molecule has 0 aliphatic rings. The largest absolute Gasteiger partial charge is 0.462 e. The Labute approximate surface area is 383 Å². The first kappa shape index (κ1) is 59.1. The number of unbranched alkanes of at least 4 members (excludes halogenated alkanes) is 26. The van der Waals surface area contributed by atoms with Gasteiger partial charge >= 0.3 is 17.9 Å². The van der Waals surface area contributed by atoms with Crippen LogP contribution in [0.5, 0.6) is 0 Å². The first-order valence-corrected chi connectivity index (χ1v) is 26.3. The van der Waals surface area contributed by atoms with Gasteiger partial charge in [0.1, 0.15) is 13.2 Å². The number of hydrogen-bond donors (Lipinski definition) is 0. The van der Waals surface area contributed by atoms with Crippen molar-refractivity contribution in [3.05, 3.63) is 60.8 Å². The minimum absolute atomic E-state index is 0.0866. The standard InChI is InChI=1S/C56H98O6/c1-4-7-10-13-16-19-22-25-26-27-28-29-32-34-37-40-43-46-49-55(58)61-52-53(62-56(59)50-47-44-41-38-35-31-24-21-18-15-12-9-6-3)51-60-54(57)48-45-42-39-36-33-30-23-20-17-14-11-8-5-2/h11-12,14-15,20-21,23-24,26-27,53H,4-10,13,16-19,22,25,28-52H2,1-3H3/b14-11-,15-12-,23-20-,24-21-,27-26-. The Balaban J connectivity index is 4.38. The molecule has 0 bridgehead atoms. The molecule has 0 N–H and O–H groups in total. The van der Waals surface area contributed by atoms with E-state index in [-0.39, 0.29) is 31.1 Å². The number of carbonyl (C=O) groups is 3. The zero-order valence-corrected chi connectivity index (χ0v) is 40.9. The van der Waals surface area contributed by atoms with Crippen LogP contribution in [0.25, 0.3) is 0 Å². The lowest BCUT2D eigenvalue weighted by Gasteiger charge is -2.18. The van der Waals surface area contributed by atoms with Crippen LogP contribution in [0.4, 0.5) is 0 Å². The second-order valence-corrected chi connectivity index (χ2v) is 17.4. The smallest absolute Gasteiger partial charge is 0.306 e. The lowest BCUT2D eigenvalue weighted by Crippen LogP contribution is -2.30. The van der Waals surface area contributed by atoms with Crippen LogP contribution >= 0.6 is 0 Å². The normalized spacial score (nSPS) is 12.5. The van der Waals surface area contributed by atoms with E-state index in [1.807, 2.05) is 0 Å². The summed E-state index contributed by atoms with van der Waals surface area (Å²) in [6.07, 6.45) is 62.0. The van der Waals surface area contributed by atoms with Crippen LogP contribution in [-0.2, 0) is 28.6 Å². The third kappa shape index (κ3) is 48.1. The zero-order valence-electron chi connectivity index (χ0n) is 40.9. The van der Waals surface area contributed by atoms with Gasteiger partial charge in [-0.1, -0.05) is 204 Å². The second-order valence-electron chi connectivity index (χ2n) is 17.4. The number of esters is 3. The van der Waals surface area contributed by atoms with E-state index >= 15 is 0 Å².